The molecule has 2 heterocycles. The molecule has 2 N–H and O–H groups in total. The normalized spacial score (nSPS) is 10.8. The predicted molar refractivity (Wildman–Crippen MR) is 93.4 cm³/mol. The smallest absolute Gasteiger partial charge is 0.345 e. The molecule has 1 aromatic carbocycles. The van der Waals surface area contributed by atoms with Crippen molar-refractivity contribution < 1.29 is 9.53 Å². The van der Waals surface area contributed by atoms with Crippen LogP contribution in [0.25, 0.3) is 5.78 Å². The number of halogens is 2. The average molecular weight is 382 g/mol. The molecule has 0 atom stereocenters. The van der Waals surface area contributed by atoms with Crippen LogP contribution in [0.5, 0.6) is 0 Å². The number of anilines is 1. The highest BCUT2D eigenvalue weighted by molar-refractivity contribution is 6.35. The first-order valence-corrected chi connectivity index (χ1v) is 8.08. The van der Waals surface area contributed by atoms with Crippen molar-refractivity contribution in [1.29, 1.82) is 0 Å². The van der Waals surface area contributed by atoms with E-state index in [-0.39, 0.29) is 17.9 Å². The monoisotopic (exact) mass is 381 g/mol. The minimum Gasteiger partial charge on any atom is -0.462 e. The van der Waals surface area contributed by atoms with Crippen molar-refractivity contribution in [3.05, 3.63) is 55.9 Å². The third-order valence-corrected chi connectivity index (χ3v) is 3.92. The number of nitrogens with one attached hydrogen (secondary N) is 2. The van der Waals surface area contributed by atoms with Gasteiger partial charge in [-0.15, -0.1) is 0 Å². The Labute approximate surface area is 151 Å². The van der Waals surface area contributed by atoms with Crippen LogP contribution in [0.1, 0.15) is 22.8 Å². The van der Waals surface area contributed by atoms with Crippen LogP contribution in [0, 0.1) is 0 Å². The third-order valence-electron chi connectivity index (χ3n) is 3.33. The fraction of sp³-hybridized carbons (Fsp3) is 0.200. The Morgan fingerprint density at radius 2 is 2.20 bits per heavy atom. The topological polar surface area (TPSA) is 101 Å². The highest BCUT2D eigenvalue weighted by atomic mass is 35.5. The number of hydrogen-bond donors (Lipinski definition) is 2. The summed E-state index contributed by atoms with van der Waals surface area (Å²) in [7, 11) is 0. The summed E-state index contributed by atoms with van der Waals surface area (Å²) in [5.41, 5.74) is 0.0443. The van der Waals surface area contributed by atoms with Gasteiger partial charge >= 0.3 is 5.97 Å². The van der Waals surface area contributed by atoms with Crippen LogP contribution in [0.3, 0.4) is 0 Å². The van der Waals surface area contributed by atoms with E-state index < -0.39 is 11.5 Å². The molecule has 0 amide bonds. The molecule has 0 fully saturated rings. The van der Waals surface area contributed by atoms with Crippen molar-refractivity contribution in [2.24, 2.45) is 0 Å². The molecule has 0 bridgehead atoms. The summed E-state index contributed by atoms with van der Waals surface area (Å²) in [6, 6.07) is 5.14. The summed E-state index contributed by atoms with van der Waals surface area (Å²) in [5.74, 6) is -0.300. The van der Waals surface area contributed by atoms with Gasteiger partial charge in [0.1, 0.15) is 5.56 Å². The third kappa shape index (κ3) is 3.59. The summed E-state index contributed by atoms with van der Waals surface area (Å²) in [4.78, 5) is 32.2. The summed E-state index contributed by atoms with van der Waals surface area (Å²) >= 11 is 12.0. The summed E-state index contributed by atoms with van der Waals surface area (Å²) in [6.07, 6.45) is 1.15. The molecule has 130 valence electrons. The number of H-pyrrole nitrogens is 1. The molecule has 0 aliphatic rings. The number of aromatic nitrogens is 4. The second kappa shape index (κ2) is 7.12. The van der Waals surface area contributed by atoms with Crippen molar-refractivity contribution in [2.75, 3.05) is 11.9 Å². The fourth-order valence-electron chi connectivity index (χ4n) is 2.13. The maximum atomic E-state index is 12.3. The molecule has 8 nitrogen and oxygen atoms in total. The molecular formula is C15H13Cl2N5O3. The van der Waals surface area contributed by atoms with Crippen molar-refractivity contribution >= 4 is 40.9 Å². The Bertz CT molecular complexity index is 998. The van der Waals surface area contributed by atoms with Gasteiger partial charge in [0.05, 0.1) is 12.8 Å². The van der Waals surface area contributed by atoms with Crippen molar-refractivity contribution in [3.63, 3.8) is 0 Å². The minimum atomic E-state index is -0.730. The first kappa shape index (κ1) is 17.2. The lowest BCUT2D eigenvalue weighted by molar-refractivity contribution is 0.0523. The van der Waals surface area contributed by atoms with Gasteiger partial charge in [0, 0.05) is 16.6 Å². The van der Waals surface area contributed by atoms with E-state index >= 15 is 0 Å². The number of carbonyl (C=O) groups is 1. The number of nitrogens with zero attached hydrogens (tertiary/aromatic N) is 3. The number of benzene rings is 1. The number of rotatable bonds is 5. The molecule has 0 spiro atoms. The lowest BCUT2D eigenvalue weighted by Gasteiger charge is -2.05. The maximum absolute atomic E-state index is 12.3. The van der Waals surface area contributed by atoms with Crippen LogP contribution >= 0.6 is 23.2 Å². The first-order valence-electron chi connectivity index (χ1n) is 7.32. The molecule has 3 aromatic rings. The highest BCUT2D eigenvalue weighted by Crippen LogP contribution is 2.21. The van der Waals surface area contributed by atoms with Gasteiger partial charge in [0.2, 0.25) is 5.95 Å². The molecule has 2 aromatic heterocycles. The van der Waals surface area contributed by atoms with Crippen molar-refractivity contribution in [3.8, 4) is 0 Å². The van der Waals surface area contributed by atoms with Gasteiger partial charge in [-0.1, -0.05) is 29.3 Å². The zero-order chi connectivity index (χ0) is 18.0. The number of aromatic amines is 1. The van der Waals surface area contributed by atoms with Crippen LogP contribution in [0.2, 0.25) is 10.0 Å². The Kier molecular flexibility index (Phi) is 4.91. The largest absolute Gasteiger partial charge is 0.462 e. The Hall–Kier alpha value is -2.58. The van der Waals surface area contributed by atoms with E-state index in [4.69, 9.17) is 27.9 Å². The Balaban J connectivity index is 1.85. The number of esters is 1. The number of carbonyl (C=O) groups excluding carboxylic acids is 1. The second-order valence-electron chi connectivity index (χ2n) is 4.99. The number of ether oxygens (including phenoxy) is 1. The van der Waals surface area contributed by atoms with E-state index in [1.165, 1.54) is 0 Å². The standard InChI is InChI=1S/C15H13Cl2N5O3/c1-2-25-13(24)10-7-19-15-20-14(21-22(15)12(10)23)18-6-8-3-4-9(16)5-11(8)17/h3-5,7H,2,6H2,1H3,(H2,18,19,20,21). The lowest BCUT2D eigenvalue weighted by Crippen LogP contribution is -2.24. The number of fused-ring (bicyclic) bond motifs is 1. The quantitative estimate of drug-likeness (QED) is 0.658. The van der Waals surface area contributed by atoms with Gasteiger partial charge in [-0.3, -0.25) is 9.89 Å². The van der Waals surface area contributed by atoms with Gasteiger partial charge in [0.25, 0.3) is 11.3 Å². The van der Waals surface area contributed by atoms with Crippen LogP contribution in [-0.4, -0.2) is 32.2 Å². The molecule has 0 unspecified atom stereocenters. The molecule has 0 aliphatic heterocycles. The minimum absolute atomic E-state index is 0.128. The van der Waals surface area contributed by atoms with Gasteiger partial charge in [0.15, 0.2) is 0 Å². The molecule has 0 aliphatic carbocycles. The lowest BCUT2D eigenvalue weighted by atomic mass is 10.2. The van der Waals surface area contributed by atoms with Gasteiger partial charge < -0.3 is 10.1 Å². The highest BCUT2D eigenvalue weighted by Gasteiger charge is 2.16. The summed E-state index contributed by atoms with van der Waals surface area (Å²) < 4.78 is 5.89. The van der Waals surface area contributed by atoms with Gasteiger partial charge in [-0.05, 0) is 24.6 Å². The molecule has 25 heavy (non-hydrogen) atoms. The van der Waals surface area contributed by atoms with Crippen LogP contribution < -0.4 is 10.9 Å². The molecule has 0 radical (unpaired) electrons. The van der Waals surface area contributed by atoms with Crippen LogP contribution in [0.15, 0.2) is 29.2 Å². The zero-order valence-corrected chi connectivity index (χ0v) is 14.6. The first-order chi connectivity index (χ1) is 12.0. The fourth-order valence-corrected chi connectivity index (χ4v) is 2.60. The molecule has 0 saturated carbocycles. The van der Waals surface area contributed by atoms with Crippen LogP contribution in [0.4, 0.5) is 5.95 Å². The maximum Gasteiger partial charge on any atom is 0.345 e. The number of hydrogen-bond acceptors (Lipinski definition) is 6. The Morgan fingerprint density at radius 1 is 1.40 bits per heavy atom. The average Bonchev–Trinajstić information content (AvgIpc) is 2.98. The van der Waals surface area contributed by atoms with E-state index in [0.717, 1.165) is 16.3 Å². The molecular weight excluding hydrogens is 369 g/mol. The van der Waals surface area contributed by atoms with E-state index in [2.05, 4.69) is 20.4 Å². The van der Waals surface area contributed by atoms with Gasteiger partial charge in [-0.2, -0.15) is 9.50 Å². The summed E-state index contributed by atoms with van der Waals surface area (Å²) in [5, 5.41) is 6.80. The van der Waals surface area contributed by atoms with E-state index in [9.17, 15) is 9.59 Å². The van der Waals surface area contributed by atoms with Gasteiger partial charge in [-0.25, -0.2) is 9.78 Å². The van der Waals surface area contributed by atoms with Crippen LogP contribution in [-0.2, 0) is 11.3 Å². The van der Waals surface area contributed by atoms with E-state index in [1.54, 1.807) is 25.1 Å². The predicted octanol–water partition coefficient (Wildman–Crippen LogP) is 2.51. The molecule has 3 rings (SSSR count). The molecule has 10 heteroatoms. The Morgan fingerprint density at radius 3 is 2.92 bits per heavy atom. The second-order valence-corrected chi connectivity index (χ2v) is 5.84. The van der Waals surface area contributed by atoms with E-state index in [0.29, 0.717) is 22.5 Å². The van der Waals surface area contributed by atoms with E-state index in [1.807, 2.05) is 0 Å². The SMILES string of the molecule is CCOC(=O)c1cnc2nc(NCc3ccc(Cl)cc3Cl)[nH]n2c1=O. The summed E-state index contributed by atoms with van der Waals surface area (Å²) in [6.45, 7) is 2.18. The van der Waals surface area contributed by atoms with Crippen molar-refractivity contribution in [1.82, 2.24) is 19.6 Å². The molecule has 0 saturated heterocycles. The zero-order valence-electron chi connectivity index (χ0n) is 13.0. The van der Waals surface area contributed by atoms with Crippen molar-refractivity contribution in [2.45, 2.75) is 13.5 Å².